The van der Waals surface area contributed by atoms with Crippen molar-refractivity contribution in [2.24, 2.45) is 56.7 Å². The van der Waals surface area contributed by atoms with Crippen molar-refractivity contribution in [3.05, 3.63) is 36.3 Å². The summed E-state index contributed by atoms with van der Waals surface area (Å²) in [6.07, 6.45) is 12.8. The van der Waals surface area contributed by atoms with E-state index in [1.807, 2.05) is 12.1 Å². The number of hydrogen-bond acceptors (Lipinski definition) is 4. The van der Waals surface area contributed by atoms with Crippen LogP contribution >= 0.6 is 0 Å². The van der Waals surface area contributed by atoms with Gasteiger partial charge in [0, 0.05) is 12.3 Å². The van der Waals surface area contributed by atoms with Gasteiger partial charge in [-0.3, -0.25) is 9.59 Å². The van der Waals surface area contributed by atoms with Crippen molar-refractivity contribution in [2.75, 3.05) is 0 Å². The Morgan fingerprint density at radius 3 is 2.36 bits per heavy atom. The lowest BCUT2D eigenvalue weighted by atomic mass is 9.32. The van der Waals surface area contributed by atoms with Crippen LogP contribution in [0.5, 0.6) is 0 Å². The predicted molar refractivity (Wildman–Crippen MR) is 165 cm³/mol. The van der Waals surface area contributed by atoms with Crippen molar-refractivity contribution in [3.8, 4) is 0 Å². The molecule has 0 aromatic carbocycles. The SMILES string of the molecule is C=C(C)[C@@H]1CC[C@]2(C(=O)NCc3ccco3)CC[C@]3(C)C(CCC4[C@@]5(C)CC[C@H](OC(C)=O)C(C)(C)C5CC[C@]43C)C12. The molecule has 6 rings (SSSR count). The molecule has 4 unspecified atom stereocenters. The largest absolute Gasteiger partial charge is 0.467 e. The zero-order valence-corrected chi connectivity index (χ0v) is 27.3. The molecule has 0 aliphatic heterocycles. The molecule has 1 aromatic rings. The number of rotatable bonds is 5. The Balaban J connectivity index is 1.32. The molecule has 0 radical (unpaired) electrons. The molecule has 5 saturated carbocycles. The number of carbonyl (C=O) groups excluding carboxylic acids is 2. The molecule has 5 aliphatic rings. The minimum absolute atomic E-state index is 0.00848. The molecule has 0 spiro atoms. The highest BCUT2D eigenvalue weighted by Crippen LogP contribution is 2.77. The first-order valence-corrected chi connectivity index (χ1v) is 16.8. The maximum atomic E-state index is 14.2. The average Bonchev–Trinajstić information content (AvgIpc) is 3.58. The monoisotopic (exact) mass is 577 g/mol. The van der Waals surface area contributed by atoms with Gasteiger partial charge < -0.3 is 14.5 Å². The summed E-state index contributed by atoms with van der Waals surface area (Å²) in [4.78, 5) is 26.2. The molecule has 0 saturated heterocycles. The van der Waals surface area contributed by atoms with E-state index in [4.69, 9.17) is 9.15 Å². The zero-order chi connectivity index (χ0) is 30.3. The number of nitrogens with one attached hydrogen (secondary N) is 1. The summed E-state index contributed by atoms with van der Waals surface area (Å²) in [5, 5.41) is 3.32. The normalized spacial score (nSPS) is 45.5. The lowest BCUT2D eigenvalue weighted by Crippen LogP contribution is -2.67. The Labute approximate surface area is 254 Å². The quantitative estimate of drug-likeness (QED) is 0.281. The summed E-state index contributed by atoms with van der Waals surface area (Å²) < 4.78 is 11.5. The molecule has 0 bridgehead atoms. The van der Waals surface area contributed by atoms with E-state index in [9.17, 15) is 9.59 Å². The number of furan rings is 1. The topological polar surface area (TPSA) is 68.5 Å². The van der Waals surface area contributed by atoms with E-state index in [1.165, 1.54) is 31.3 Å². The van der Waals surface area contributed by atoms with Gasteiger partial charge in [-0.05, 0) is 129 Å². The summed E-state index contributed by atoms with van der Waals surface area (Å²) in [5.74, 6) is 3.39. The minimum atomic E-state index is -0.311. The van der Waals surface area contributed by atoms with Gasteiger partial charge in [0.25, 0.3) is 0 Å². The fourth-order valence-electron chi connectivity index (χ4n) is 12.7. The maximum absolute atomic E-state index is 14.2. The highest BCUT2D eigenvalue weighted by molar-refractivity contribution is 5.83. The van der Waals surface area contributed by atoms with Crippen molar-refractivity contribution in [2.45, 2.75) is 125 Å². The molecule has 1 amide bonds. The number of amides is 1. The van der Waals surface area contributed by atoms with Crippen molar-refractivity contribution in [1.29, 1.82) is 0 Å². The van der Waals surface area contributed by atoms with Gasteiger partial charge in [-0.15, -0.1) is 0 Å². The van der Waals surface area contributed by atoms with Crippen molar-refractivity contribution in [3.63, 3.8) is 0 Å². The number of hydrogen-bond donors (Lipinski definition) is 1. The Hall–Kier alpha value is -2.04. The number of fused-ring (bicyclic) bond motifs is 7. The summed E-state index contributed by atoms with van der Waals surface area (Å²) in [7, 11) is 0. The Morgan fingerprint density at radius 2 is 1.69 bits per heavy atom. The Bertz CT molecular complexity index is 1230. The summed E-state index contributed by atoms with van der Waals surface area (Å²) >= 11 is 0. The van der Waals surface area contributed by atoms with Crippen LogP contribution in [0, 0.1) is 56.7 Å². The van der Waals surface area contributed by atoms with Gasteiger partial charge in [0.15, 0.2) is 0 Å². The van der Waals surface area contributed by atoms with Crippen LogP contribution in [0.3, 0.4) is 0 Å². The van der Waals surface area contributed by atoms with Gasteiger partial charge in [-0.2, -0.15) is 0 Å². The highest BCUT2D eigenvalue weighted by atomic mass is 16.5. The van der Waals surface area contributed by atoms with E-state index in [2.05, 4.69) is 53.4 Å². The fourth-order valence-corrected chi connectivity index (χ4v) is 12.7. The summed E-state index contributed by atoms with van der Waals surface area (Å²) in [5.41, 5.74) is 1.58. The summed E-state index contributed by atoms with van der Waals surface area (Å²) in [6.45, 7) is 21.3. The molecule has 5 heteroatoms. The molecule has 42 heavy (non-hydrogen) atoms. The number of carbonyl (C=O) groups is 2. The van der Waals surface area contributed by atoms with E-state index in [0.29, 0.717) is 36.1 Å². The third-order valence-electron chi connectivity index (χ3n) is 14.8. The van der Waals surface area contributed by atoms with Gasteiger partial charge in [-0.1, -0.05) is 46.8 Å². The molecule has 5 fully saturated rings. The second-order valence-electron chi connectivity index (χ2n) is 16.6. The third kappa shape index (κ3) is 4.06. The average molecular weight is 578 g/mol. The summed E-state index contributed by atoms with van der Waals surface area (Å²) in [6, 6.07) is 3.83. The van der Waals surface area contributed by atoms with Gasteiger partial charge in [0.2, 0.25) is 5.91 Å². The first kappa shape index (κ1) is 30.0. The van der Waals surface area contributed by atoms with Crippen molar-refractivity contribution < 1.29 is 18.7 Å². The van der Waals surface area contributed by atoms with Crippen LogP contribution in [-0.4, -0.2) is 18.0 Å². The smallest absolute Gasteiger partial charge is 0.302 e. The minimum Gasteiger partial charge on any atom is -0.467 e. The Kier molecular flexibility index (Phi) is 7.14. The molecule has 5 nitrogen and oxygen atoms in total. The maximum Gasteiger partial charge on any atom is 0.302 e. The van der Waals surface area contributed by atoms with Crippen LogP contribution in [0.4, 0.5) is 0 Å². The zero-order valence-electron chi connectivity index (χ0n) is 27.3. The lowest BCUT2D eigenvalue weighted by Gasteiger charge is -2.72. The van der Waals surface area contributed by atoms with Gasteiger partial charge in [0.05, 0.1) is 18.2 Å². The number of esters is 1. The van der Waals surface area contributed by atoms with Crippen molar-refractivity contribution in [1.82, 2.24) is 5.32 Å². The van der Waals surface area contributed by atoms with Crippen LogP contribution in [0.1, 0.15) is 118 Å². The predicted octanol–water partition coefficient (Wildman–Crippen LogP) is 8.49. The van der Waals surface area contributed by atoms with E-state index >= 15 is 0 Å². The molecule has 1 aromatic heterocycles. The second-order valence-corrected chi connectivity index (χ2v) is 16.6. The van der Waals surface area contributed by atoms with E-state index in [0.717, 1.165) is 44.3 Å². The molecular formula is C37H55NO4. The Morgan fingerprint density at radius 1 is 0.929 bits per heavy atom. The van der Waals surface area contributed by atoms with E-state index in [-0.39, 0.29) is 45.1 Å². The fraction of sp³-hybridized carbons (Fsp3) is 0.784. The van der Waals surface area contributed by atoms with Crippen LogP contribution < -0.4 is 5.32 Å². The van der Waals surface area contributed by atoms with Crippen LogP contribution in [0.2, 0.25) is 0 Å². The van der Waals surface area contributed by atoms with Gasteiger partial charge in [-0.25, -0.2) is 0 Å². The van der Waals surface area contributed by atoms with Crippen LogP contribution in [0.15, 0.2) is 35.0 Å². The molecule has 10 atom stereocenters. The van der Waals surface area contributed by atoms with E-state index in [1.54, 1.807) is 13.2 Å². The van der Waals surface area contributed by atoms with E-state index < -0.39 is 0 Å². The second kappa shape index (κ2) is 9.99. The highest BCUT2D eigenvalue weighted by Gasteiger charge is 2.72. The molecule has 5 aliphatic carbocycles. The first-order chi connectivity index (χ1) is 19.7. The van der Waals surface area contributed by atoms with Crippen LogP contribution in [0.25, 0.3) is 0 Å². The van der Waals surface area contributed by atoms with Gasteiger partial charge in [0.1, 0.15) is 11.9 Å². The molecule has 1 N–H and O–H groups in total. The van der Waals surface area contributed by atoms with Crippen LogP contribution in [-0.2, 0) is 20.9 Å². The number of allylic oxidation sites excluding steroid dienone is 1. The number of ether oxygens (including phenoxy) is 1. The molecular weight excluding hydrogens is 522 g/mol. The standard InChI is InChI=1S/C37H55NO4/c1-23(2)26-13-18-37(32(40)38-22-25-10-9-21-41-25)20-19-35(7)27(31(26)37)11-12-29-34(6)16-15-30(42-24(3)39)33(4,5)28(34)14-17-36(29,35)8/h9-10,21,26-31H,1,11-20,22H2,2-8H3,(H,38,40)/t26-,27?,28?,29?,30-,31?,34-,35+,36+,37-/m0/s1. The molecule has 1 heterocycles. The first-order valence-electron chi connectivity index (χ1n) is 16.8. The van der Waals surface area contributed by atoms with Crippen molar-refractivity contribution >= 4 is 11.9 Å². The van der Waals surface area contributed by atoms with Gasteiger partial charge >= 0.3 is 5.97 Å². The third-order valence-corrected chi connectivity index (χ3v) is 14.8. The lowest BCUT2D eigenvalue weighted by molar-refractivity contribution is -0.248. The molecule has 232 valence electrons.